The molecule has 2 aliphatic rings. The Morgan fingerprint density at radius 2 is 1.20 bits per heavy atom. The molecule has 9 atom stereocenters. The molecule has 0 unspecified atom stereocenters. The zero-order valence-corrected chi connectivity index (χ0v) is 28.4. The average Bonchev–Trinajstić information content (AvgIpc) is 3.10. The maximum atomic E-state index is 12.1. The predicted molar refractivity (Wildman–Crippen MR) is 177 cm³/mol. The fraction of sp³-hybridized carbons (Fsp3) is 0.474. The average molecular weight is 679 g/mol. The Balaban J connectivity index is 1.43. The van der Waals surface area contributed by atoms with Crippen molar-refractivity contribution in [3.05, 3.63) is 108 Å². The van der Waals surface area contributed by atoms with E-state index in [9.17, 15) is 9.59 Å². The van der Waals surface area contributed by atoms with Crippen molar-refractivity contribution in [2.45, 2.75) is 102 Å². The summed E-state index contributed by atoms with van der Waals surface area (Å²) in [5, 5.41) is 0. The summed E-state index contributed by atoms with van der Waals surface area (Å²) in [4.78, 5) is 24.0. The Labute approximate surface area is 287 Å². The second-order valence-corrected chi connectivity index (χ2v) is 12.1. The molecule has 2 saturated heterocycles. The standard InChI is InChI=1S/C38H46O11/c1-25-34(47-27(3)40)31(46-26(2)39)20-33(45-25)49-35-32(24-42-21-28-14-8-5-9-15-28)48-38(41-4)37(44-23-30-18-12-7-13-19-30)36(35)43-22-29-16-10-6-11-17-29/h5-19,25,31-38H,20-24H2,1-4H3/t25-,31-,32-,33-,34-,35-,36+,37-,38+/m1/s1. The van der Waals surface area contributed by atoms with Crippen molar-refractivity contribution >= 4 is 11.9 Å². The fourth-order valence-electron chi connectivity index (χ4n) is 6.09. The molecule has 0 N–H and O–H groups in total. The van der Waals surface area contributed by atoms with Gasteiger partial charge in [0, 0.05) is 27.4 Å². The third kappa shape index (κ3) is 10.7. The van der Waals surface area contributed by atoms with Crippen molar-refractivity contribution in [1.82, 2.24) is 0 Å². The minimum atomic E-state index is -0.881. The Kier molecular flexibility index (Phi) is 13.7. The van der Waals surface area contributed by atoms with Crippen LogP contribution in [0.1, 0.15) is 43.9 Å². The van der Waals surface area contributed by atoms with Crippen molar-refractivity contribution in [1.29, 1.82) is 0 Å². The van der Waals surface area contributed by atoms with Crippen LogP contribution in [0.5, 0.6) is 0 Å². The zero-order chi connectivity index (χ0) is 34.6. The SMILES string of the molecule is CO[C@H]1O[C@H](COCc2ccccc2)[C@@H](O[C@@H]2C[C@@H](OC(C)=O)[C@H](OC(C)=O)[C@@H](C)O2)[C@H](OCc2ccccc2)[C@H]1OCc1ccccc1. The number of methoxy groups -OCH3 is 1. The normalized spacial score (nSPS) is 28.4. The third-order valence-corrected chi connectivity index (χ3v) is 8.34. The first-order valence-corrected chi connectivity index (χ1v) is 16.6. The monoisotopic (exact) mass is 678 g/mol. The first kappa shape index (κ1) is 36.6. The van der Waals surface area contributed by atoms with Crippen LogP contribution in [0.2, 0.25) is 0 Å². The number of esters is 2. The van der Waals surface area contributed by atoms with Gasteiger partial charge in [0.05, 0.1) is 32.5 Å². The molecule has 0 spiro atoms. The summed E-state index contributed by atoms with van der Waals surface area (Å²) in [6, 6.07) is 29.4. The lowest BCUT2D eigenvalue weighted by Gasteiger charge is -2.47. The Bertz CT molecular complexity index is 1420. The first-order valence-electron chi connectivity index (χ1n) is 16.6. The first-order chi connectivity index (χ1) is 23.8. The van der Waals surface area contributed by atoms with Crippen LogP contribution >= 0.6 is 0 Å². The van der Waals surface area contributed by atoms with E-state index >= 15 is 0 Å². The molecule has 11 heteroatoms. The Morgan fingerprint density at radius 1 is 0.673 bits per heavy atom. The minimum absolute atomic E-state index is 0.102. The highest BCUT2D eigenvalue weighted by Crippen LogP contribution is 2.34. The molecule has 49 heavy (non-hydrogen) atoms. The van der Waals surface area contributed by atoms with Gasteiger partial charge in [0.1, 0.15) is 30.5 Å². The second-order valence-electron chi connectivity index (χ2n) is 12.1. The molecule has 3 aromatic carbocycles. The van der Waals surface area contributed by atoms with Gasteiger partial charge in [0.15, 0.2) is 18.7 Å². The molecule has 0 aliphatic carbocycles. The van der Waals surface area contributed by atoms with Gasteiger partial charge in [-0.05, 0) is 23.6 Å². The van der Waals surface area contributed by atoms with Gasteiger partial charge in [0.2, 0.25) is 0 Å². The van der Waals surface area contributed by atoms with Crippen LogP contribution in [0.4, 0.5) is 0 Å². The van der Waals surface area contributed by atoms with E-state index in [4.69, 9.17) is 42.6 Å². The molecule has 3 aromatic rings. The smallest absolute Gasteiger partial charge is 0.303 e. The molecule has 2 aliphatic heterocycles. The van der Waals surface area contributed by atoms with Gasteiger partial charge >= 0.3 is 11.9 Å². The zero-order valence-electron chi connectivity index (χ0n) is 28.4. The number of ether oxygens (including phenoxy) is 9. The van der Waals surface area contributed by atoms with Crippen LogP contribution in [0, 0.1) is 0 Å². The van der Waals surface area contributed by atoms with Crippen LogP contribution in [0.15, 0.2) is 91.0 Å². The van der Waals surface area contributed by atoms with Crippen LogP contribution in [0.3, 0.4) is 0 Å². The van der Waals surface area contributed by atoms with Gasteiger partial charge in [0.25, 0.3) is 0 Å². The molecular weight excluding hydrogens is 632 g/mol. The van der Waals surface area contributed by atoms with Crippen LogP contribution in [-0.2, 0) is 72.0 Å². The fourth-order valence-corrected chi connectivity index (χ4v) is 6.09. The van der Waals surface area contributed by atoms with Gasteiger partial charge in [-0.25, -0.2) is 0 Å². The maximum Gasteiger partial charge on any atom is 0.303 e. The lowest BCUT2D eigenvalue weighted by molar-refractivity contribution is -0.351. The maximum absolute atomic E-state index is 12.1. The highest BCUT2D eigenvalue weighted by molar-refractivity contribution is 5.67. The van der Waals surface area contributed by atoms with E-state index in [1.165, 1.54) is 13.8 Å². The summed E-state index contributed by atoms with van der Waals surface area (Å²) in [5.74, 6) is -1.02. The molecule has 0 radical (unpaired) electrons. The summed E-state index contributed by atoms with van der Waals surface area (Å²) < 4.78 is 55.8. The van der Waals surface area contributed by atoms with Crippen molar-refractivity contribution in [3.63, 3.8) is 0 Å². The number of hydrogen-bond donors (Lipinski definition) is 0. The summed E-state index contributed by atoms with van der Waals surface area (Å²) >= 11 is 0. The van der Waals surface area contributed by atoms with Crippen molar-refractivity contribution in [3.8, 4) is 0 Å². The van der Waals surface area contributed by atoms with Crippen molar-refractivity contribution in [2.24, 2.45) is 0 Å². The largest absolute Gasteiger partial charge is 0.458 e. The number of rotatable bonds is 15. The predicted octanol–water partition coefficient (Wildman–Crippen LogP) is 5.13. The second kappa shape index (κ2) is 18.4. The van der Waals surface area contributed by atoms with Crippen molar-refractivity contribution < 1.29 is 52.2 Å². The molecule has 2 fully saturated rings. The summed E-state index contributed by atoms with van der Waals surface area (Å²) in [6.45, 7) is 5.38. The molecule has 0 aromatic heterocycles. The van der Waals surface area contributed by atoms with E-state index in [1.807, 2.05) is 91.0 Å². The molecule has 0 amide bonds. The van der Waals surface area contributed by atoms with E-state index in [1.54, 1.807) is 14.0 Å². The van der Waals surface area contributed by atoms with E-state index in [0.29, 0.717) is 6.61 Å². The minimum Gasteiger partial charge on any atom is -0.458 e. The molecule has 264 valence electrons. The molecular formula is C38H46O11. The third-order valence-electron chi connectivity index (χ3n) is 8.34. The summed E-state index contributed by atoms with van der Waals surface area (Å²) in [5.41, 5.74) is 2.93. The number of benzene rings is 3. The number of carbonyl (C=O) groups is 2. The highest BCUT2D eigenvalue weighted by Gasteiger charge is 2.51. The molecule has 2 heterocycles. The Morgan fingerprint density at radius 3 is 1.73 bits per heavy atom. The van der Waals surface area contributed by atoms with E-state index in [-0.39, 0.29) is 26.2 Å². The van der Waals surface area contributed by atoms with Crippen LogP contribution in [0.25, 0.3) is 0 Å². The number of carbonyl (C=O) groups excluding carboxylic acids is 2. The topological polar surface area (TPSA) is 117 Å². The van der Waals surface area contributed by atoms with E-state index < -0.39 is 67.2 Å². The van der Waals surface area contributed by atoms with Crippen molar-refractivity contribution in [2.75, 3.05) is 13.7 Å². The van der Waals surface area contributed by atoms with Gasteiger partial charge < -0.3 is 42.6 Å². The Hall–Kier alpha value is -3.68. The van der Waals surface area contributed by atoms with Crippen LogP contribution < -0.4 is 0 Å². The lowest BCUT2D eigenvalue weighted by atomic mass is 9.97. The molecule has 5 rings (SSSR count). The summed E-state index contributed by atoms with van der Waals surface area (Å²) in [6.07, 6.45) is -6.75. The van der Waals surface area contributed by atoms with Gasteiger partial charge in [-0.2, -0.15) is 0 Å². The number of hydrogen-bond acceptors (Lipinski definition) is 11. The summed E-state index contributed by atoms with van der Waals surface area (Å²) in [7, 11) is 1.56. The quantitative estimate of drug-likeness (QED) is 0.199. The molecule has 11 nitrogen and oxygen atoms in total. The highest BCUT2D eigenvalue weighted by atomic mass is 16.7. The van der Waals surface area contributed by atoms with Gasteiger partial charge in [-0.15, -0.1) is 0 Å². The molecule has 0 bridgehead atoms. The van der Waals surface area contributed by atoms with E-state index in [2.05, 4.69) is 0 Å². The van der Waals surface area contributed by atoms with Gasteiger partial charge in [-0.1, -0.05) is 91.0 Å². The molecule has 0 saturated carbocycles. The van der Waals surface area contributed by atoms with E-state index in [0.717, 1.165) is 16.7 Å². The van der Waals surface area contributed by atoms with Crippen LogP contribution in [-0.4, -0.2) is 81.0 Å². The lowest BCUT2D eigenvalue weighted by Crippen LogP contribution is -2.63. The van der Waals surface area contributed by atoms with Gasteiger partial charge in [-0.3, -0.25) is 9.59 Å².